The van der Waals surface area contributed by atoms with Crippen molar-refractivity contribution in [1.29, 1.82) is 0 Å². The molecular formula is C34H38BrCl2N3O2. The Bertz CT molecular complexity index is 1380. The van der Waals surface area contributed by atoms with Crippen LogP contribution in [0.15, 0.2) is 83.3 Å². The topological polar surface area (TPSA) is 43.9 Å². The Hall–Kier alpha value is -2.38. The second-order valence-electron chi connectivity index (χ2n) is 12.1. The first kappa shape index (κ1) is 31.1. The molecule has 2 amide bonds. The molecule has 5 nitrogen and oxygen atoms in total. The number of hydrogen-bond donors (Lipinski definition) is 0. The van der Waals surface area contributed by atoms with Crippen molar-refractivity contribution < 1.29 is 9.59 Å². The first-order chi connectivity index (χ1) is 19.9. The molecule has 3 saturated heterocycles. The lowest BCUT2D eigenvalue weighted by Crippen LogP contribution is -2.46. The summed E-state index contributed by atoms with van der Waals surface area (Å²) in [6.45, 7) is 5.87. The Morgan fingerprint density at radius 3 is 2.31 bits per heavy atom. The monoisotopic (exact) mass is 669 g/mol. The molecule has 3 aromatic rings. The molecule has 3 aliphatic heterocycles. The van der Waals surface area contributed by atoms with Gasteiger partial charge in [0.15, 0.2) is 0 Å². The van der Waals surface area contributed by atoms with Crippen LogP contribution >= 0.6 is 39.9 Å². The van der Waals surface area contributed by atoms with E-state index >= 15 is 0 Å². The van der Waals surface area contributed by atoms with Gasteiger partial charge < -0.3 is 14.7 Å². The van der Waals surface area contributed by atoms with E-state index in [1.54, 1.807) is 0 Å². The van der Waals surface area contributed by atoms with E-state index in [9.17, 15) is 9.59 Å². The molecule has 0 N–H and O–H groups in total. The molecule has 3 fully saturated rings. The summed E-state index contributed by atoms with van der Waals surface area (Å²) < 4.78 is 1.06. The van der Waals surface area contributed by atoms with Crippen molar-refractivity contribution in [3.63, 3.8) is 0 Å². The van der Waals surface area contributed by atoms with Crippen LogP contribution in [0, 0.1) is 11.3 Å². The summed E-state index contributed by atoms with van der Waals surface area (Å²) in [6, 6.07) is 26.5. The van der Waals surface area contributed by atoms with E-state index in [1.807, 2.05) is 36.4 Å². The number of carbonyl (C=O) groups excluding carboxylic acids is 2. The Labute approximate surface area is 268 Å². The molecule has 0 bridgehead atoms. The van der Waals surface area contributed by atoms with Crippen molar-refractivity contribution in [1.82, 2.24) is 14.7 Å². The summed E-state index contributed by atoms with van der Waals surface area (Å²) in [7, 11) is 0. The van der Waals surface area contributed by atoms with Gasteiger partial charge >= 0.3 is 0 Å². The molecular weight excluding hydrogens is 633 g/mol. The smallest absolute Gasteiger partial charge is 0.229 e. The highest BCUT2D eigenvalue weighted by Crippen LogP contribution is 2.43. The highest BCUT2D eigenvalue weighted by atomic mass is 79.9. The molecule has 3 aliphatic rings. The van der Waals surface area contributed by atoms with Crippen molar-refractivity contribution in [2.24, 2.45) is 11.3 Å². The van der Waals surface area contributed by atoms with E-state index in [4.69, 9.17) is 11.6 Å². The minimum atomic E-state index is -0.209. The quantitative estimate of drug-likeness (QED) is 0.277. The van der Waals surface area contributed by atoms with E-state index in [0.29, 0.717) is 35.7 Å². The standard InChI is InChI=1S/C34H37BrClN3O2.ClH/c35-29-11-9-25(10-12-29)21-38-18-15-34(33(38)41)13-16-37(17-14-34)22-28-23-39(24-31(28)27-6-2-1-3-7-27)32(40)20-26-5-4-8-30(36)19-26;/h1-12,19,28,31H,13-18,20-24H2;1H. The zero-order valence-electron chi connectivity index (χ0n) is 23.8. The van der Waals surface area contributed by atoms with Crippen LogP contribution in [0.25, 0.3) is 0 Å². The zero-order chi connectivity index (χ0) is 28.4. The number of amides is 2. The number of carbonyl (C=O) groups is 2. The summed E-state index contributed by atoms with van der Waals surface area (Å²) >= 11 is 9.67. The molecule has 0 radical (unpaired) electrons. The fourth-order valence-corrected chi connectivity index (χ4v) is 7.56. The molecule has 222 valence electrons. The van der Waals surface area contributed by atoms with Gasteiger partial charge in [-0.2, -0.15) is 0 Å². The third-order valence-electron chi connectivity index (χ3n) is 9.46. The van der Waals surface area contributed by atoms with Crippen LogP contribution in [-0.4, -0.2) is 65.8 Å². The predicted octanol–water partition coefficient (Wildman–Crippen LogP) is 6.82. The highest BCUT2D eigenvalue weighted by Gasteiger charge is 2.48. The fourth-order valence-electron chi connectivity index (χ4n) is 7.08. The van der Waals surface area contributed by atoms with E-state index in [1.165, 1.54) is 11.1 Å². The number of halogens is 3. The van der Waals surface area contributed by atoms with E-state index in [2.05, 4.69) is 73.1 Å². The van der Waals surface area contributed by atoms with Crippen molar-refractivity contribution in [2.45, 2.75) is 38.1 Å². The first-order valence-electron chi connectivity index (χ1n) is 14.7. The van der Waals surface area contributed by atoms with Crippen LogP contribution in [0.1, 0.15) is 41.9 Å². The van der Waals surface area contributed by atoms with Crippen LogP contribution in [0.3, 0.4) is 0 Å². The Balaban J connectivity index is 0.00000353. The number of likely N-dealkylation sites (tertiary alicyclic amines) is 3. The molecule has 0 saturated carbocycles. The second kappa shape index (κ2) is 13.5. The number of hydrogen-bond acceptors (Lipinski definition) is 3. The number of piperidine rings is 1. The van der Waals surface area contributed by atoms with E-state index < -0.39 is 0 Å². The van der Waals surface area contributed by atoms with Crippen LogP contribution < -0.4 is 0 Å². The SMILES string of the molecule is Cl.O=C(Cc1cccc(Cl)c1)N1CC(CN2CCC3(CC2)CCN(Cc2ccc(Br)cc2)C3=O)C(c2ccccc2)C1. The third kappa shape index (κ3) is 6.88. The Kier molecular flexibility index (Phi) is 9.99. The van der Waals surface area contributed by atoms with Gasteiger partial charge in [0.1, 0.15) is 0 Å². The summed E-state index contributed by atoms with van der Waals surface area (Å²) in [5, 5.41) is 0.664. The van der Waals surface area contributed by atoms with Gasteiger partial charge in [-0.1, -0.05) is 82.1 Å². The van der Waals surface area contributed by atoms with Crippen molar-refractivity contribution in [3.8, 4) is 0 Å². The summed E-state index contributed by atoms with van der Waals surface area (Å²) in [5.41, 5.74) is 3.23. The van der Waals surface area contributed by atoms with E-state index in [0.717, 1.165) is 68.6 Å². The number of rotatable bonds is 7. The second-order valence-corrected chi connectivity index (χ2v) is 13.4. The molecule has 0 aliphatic carbocycles. The van der Waals surface area contributed by atoms with Crippen LogP contribution in [0.4, 0.5) is 0 Å². The minimum Gasteiger partial charge on any atom is -0.341 e. The van der Waals surface area contributed by atoms with Crippen molar-refractivity contribution >= 4 is 51.8 Å². The maximum atomic E-state index is 13.6. The van der Waals surface area contributed by atoms with Gasteiger partial charge in [-0.15, -0.1) is 12.4 Å². The normalized spacial score (nSPS) is 22.0. The lowest BCUT2D eigenvalue weighted by Gasteiger charge is -2.39. The molecule has 0 aromatic heterocycles. The summed E-state index contributed by atoms with van der Waals surface area (Å²) in [4.78, 5) is 33.6. The lowest BCUT2D eigenvalue weighted by atomic mass is 9.76. The Morgan fingerprint density at radius 1 is 0.881 bits per heavy atom. The number of benzene rings is 3. The third-order valence-corrected chi connectivity index (χ3v) is 10.2. The molecule has 1 spiro atoms. The van der Waals surface area contributed by atoms with Crippen LogP contribution in [0.5, 0.6) is 0 Å². The molecule has 2 atom stereocenters. The summed E-state index contributed by atoms with van der Waals surface area (Å²) in [6.07, 6.45) is 3.17. The Morgan fingerprint density at radius 2 is 1.60 bits per heavy atom. The highest BCUT2D eigenvalue weighted by molar-refractivity contribution is 9.10. The zero-order valence-corrected chi connectivity index (χ0v) is 26.9. The fraction of sp³-hybridized carbons (Fsp3) is 0.412. The minimum absolute atomic E-state index is 0. The molecule has 3 aromatic carbocycles. The summed E-state index contributed by atoms with van der Waals surface area (Å²) in [5.74, 6) is 1.17. The van der Waals surface area contributed by atoms with E-state index in [-0.39, 0.29) is 23.7 Å². The first-order valence-corrected chi connectivity index (χ1v) is 15.9. The molecule has 42 heavy (non-hydrogen) atoms. The maximum absolute atomic E-state index is 13.6. The van der Waals surface area contributed by atoms with Crippen LogP contribution in [-0.2, 0) is 22.6 Å². The van der Waals surface area contributed by atoms with Gasteiger partial charge in [0.25, 0.3) is 0 Å². The molecule has 8 heteroatoms. The van der Waals surface area contributed by atoms with Gasteiger partial charge in [0.2, 0.25) is 11.8 Å². The van der Waals surface area contributed by atoms with Gasteiger partial charge in [-0.05, 0) is 79.2 Å². The lowest BCUT2D eigenvalue weighted by molar-refractivity contribution is -0.139. The molecule has 6 rings (SSSR count). The van der Waals surface area contributed by atoms with Crippen LogP contribution in [0.2, 0.25) is 5.02 Å². The molecule has 2 unspecified atom stereocenters. The van der Waals surface area contributed by atoms with Crippen molar-refractivity contribution in [2.75, 3.05) is 39.3 Å². The average Bonchev–Trinajstić information content (AvgIpc) is 3.53. The maximum Gasteiger partial charge on any atom is 0.229 e. The van der Waals surface area contributed by atoms with Crippen molar-refractivity contribution in [3.05, 3.63) is 105 Å². The molecule has 3 heterocycles. The predicted molar refractivity (Wildman–Crippen MR) is 174 cm³/mol. The number of nitrogens with zero attached hydrogens (tertiary/aromatic N) is 3. The van der Waals surface area contributed by atoms with Gasteiger partial charge in [-0.25, -0.2) is 0 Å². The van der Waals surface area contributed by atoms with Gasteiger partial charge in [-0.3, -0.25) is 9.59 Å². The van der Waals surface area contributed by atoms with Gasteiger partial charge in [0.05, 0.1) is 11.8 Å². The largest absolute Gasteiger partial charge is 0.341 e. The average molecular weight is 672 g/mol. The van der Waals surface area contributed by atoms with Gasteiger partial charge in [0, 0.05) is 48.1 Å².